The maximum atomic E-state index is 3.81. The fourth-order valence-electron chi connectivity index (χ4n) is 3.82. The fourth-order valence-corrected chi connectivity index (χ4v) is 3.82. The predicted octanol–water partition coefficient (Wildman–Crippen LogP) is 3.40. The van der Waals surface area contributed by atoms with Crippen LogP contribution in [0.15, 0.2) is 30.3 Å². The lowest BCUT2D eigenvalue weighted by Gasteiger charge is -2.47. The van der Waals surface area contributed by atoms with Crippen LogP contribution in [0.25, 0.3) is 0 Å². The summed E-state index contributed by atoms with van der Waals surface area (Å²) in [5.41, 5.74) is 1.87. The van der Waals surface area contributed by atoms with Gasteiger partial charge < -0.3 is 5.32 Å². The average molecular weight is 272 g/mol. The minimum absolute atomic E-state index is 0.344. The van der Waals surface area contributed by atoms with Crippen molar-refractivity contribution in [2.24, 2.45) is 0 Å². The van der Waals surface area contributed by atoms with E-state index in [-0.39, 0.29) is 0 Å². The monoisotopic (exact) mass is 272 g/mol. The van der Waals surface area contributed by atoms with Gasteiger partial charge in [0.15, 0.2) is 0 Å². The lowest BCUT2D eigenvalue weighted by molar-refractivity contribution is 0.0725. The highest BCUT2D eigenvalue weighted by atomic mass is 15.3. The zero-order valence-electron chi connectivity index (χ0n) is 13.1. The Morgan fingerprint density at radius 1 is 1.20 bits per heavy atom. The second-order valence-electron chi connectivity index (χ2n) is 6.71. The minimum atomic E-state index is 0.344. The fraction of sp³-hybridized carbons (Fsp3) is 0.667. The van der Waals surface area contributed by atoms with E-state index in [1.54, 1.807) is 0 Å². The molecule has 0 amide bonds. The van der Waals surface area contributed by atoms with E-state index in [0.29, 0.717) is 11.6 Å². The van der Waals surface area contributed by atoms with Gasteiger partial charge in [-0.25, -0.2) is 0 Å². The number of benzene rings is 1. The lowest BCUT2D eigenvalue weighted by Crippen LogP contribution is -2.63. The van der Waals surface area contributed by atoms with Crippen LogP contribution in [-0.2, 0) is 0 Å². The van der Waals surface area contributed by atoms with E-state index < -0.39 is 0 Å². The van der Waals surface area contributed by atoms with Crippen molar-refractivity contribution in [3.05, 3.63) is 35.9 Å². The van der Waals surface area contributed by atoms with Gasteiger partial charge in [0.2, 0.25) is 0 Å². The molecule has 1 aromatic rings. The van der Waals surface area contributed by atoms with Crippen LogP contribution >= 0.6 is 0 Å². The predicted molar refractivity (Wildman–Crippen MR) is 85.1 cm³/mol. The van der Waals surface area contributed by atoms with E-state index in [1.807, 2.05) is 0 Å². The highest BCUT2D eigenvalue weighted by Gasteiger charge is 2.48. The Bertz CT molecular complexity index is 438. The molecule has 3 unspecified atom stereocenters. The summed E-state index contributed by atoms with van der Waals surface area (Å²) in [4.78, 5) is 2.78. The summed E-state index contributed by atoms with van der Waals surface area (Å²) in [6.45, 7) is 9.38. The molecular weight excluding hydrogens is 244 g/mol. The minimum Gasteiger partial charge on any atom is -0.308 e. The SMILES string of the molecule is CCC1(CC)CN(C2CC2c2ccccc2)C(C)CN1. The molecule has 2 aliphatic rings. The first-order valence-corrected chi connectivity index (χ1v) is 8.25. The smallest absolute Gasteiger partial charge is 0.0304 e. The van der Waals surface area contributed by atoms with Gasteiger partial charge >= 0.3 is 0 Å². The Labute approximate surface area is 123 Å². The number of rotatable bonds is 4. The van der Waals surface area contributed by atoms with Crippen molar-refractivity contribution in [2.45, 2.75) is 63.6 Å². The van der Waals surface area contributed by atoms with Crippen molar-refractivity contribution in [2.75, 3.05) is 13.1 Å². The van der Waals surface area contributed by atoms with Gasteiger partial charge in [0.05, 0.1) is 0 Å². The molecule has 0 radical (unpaired) electrons. The molecule has 1 aromatic carbocycles. The molecule has 0 spiro atoms. The summed E-state index contributed by atoms with van der Waals surface area (Å²) in [5, 5.41) is 3.81. The molecule has 1 aliphatic heterocycles. The number of piperazine rings is 1. The van der Waals surface area contributed by atoms with Crippen molar-refractivity contribution in [1.29, 1.82) is 0 Å². The van der Waals surface area contributed by atoms with E-state index >= 15 is 0 Å². The summed E-state index contributed by atoms with van der Waals surface area (Å²) in [5.74, 6) is 0.767. The van der Waals surface area contributed by atoms with Gasteiger partial charge in [0, 0.05) is 36.6 Å². The Kier molecular flexibility index (Phi) is 3.87. The summed E-state index contributed by atoms with van der Waals surface area (Å²) in [6, 6.07) is 12.5. The van der Waals surface area contributed by atoms with Crippen LogP contribution in [0, 0.1) is 0 Å². The first-order valence-electron chi connectivity index (χ1n) is 8.25. The van der Waals surface area contributed by atoms with Gasteiger partial charge in [0.25, 0.3) is 0 Å². The average Bonchev–Trinajstić information content (AvgIpc) is 3.30. The van der Waals surface area contributed by atoms with Crippen LogP contribution in [0.4, 0.5) is 0 Å². The highest BCUT2D eigenvalue weighted by molar-refractivity contribution is 5.28. The van der Waals surface area contributed by atoms with Crippen LogP contribution in [-0.4, -0.2) is 35.6 Å². The quantitative estimate of drug-likeness (QED) is 0.904. The molecule has 3 rings (SSSR count). The van der Waals surface area contributed by atoms with Gasteiger partial charge in [-0.2, -0.15) is 0 Å². The van der Waals surface area contributed by atoms with E-state index in [0.717, 1.165) is 18.5 Å². The van der Waals surface area contributed by atoms with Gasteiger partial charge in [-0.3, -0.25) is 4.90 Å². The largest absolute Gasteiger partial charge is 0.308 e. The molecule has 1 aliphatic carbocycles. The zero-order chi connectivity index (χ0) is 14.2. The van der Waals surface area contributed by atoms with E-state index in [9.17, 15) is 0 Å². The van der Waals surface area contributed by atoms with E-state index in [2.05, 4.69) is 61.3 Å². The maximum absolute atomic E-state index is 3.81. The summed E-state index contributed by atoms with van der Waals surface area (Å²) in [7, 11) is 0. The van der Waals surface area contributed by atoms with Crippen LogP contribution in [0.5, 0.6) is 0 Å². The molecule has 0 aromatic heterocycles. The molecule has 20 heavy (non-hydrogen) atoms. The molecule has 2 nitrogen and oxygen atoms in total. The molecule has 1 saturated carbocycles. The number of hydrogen-bond donors (Lipinski definition) is 1. The third-order valence-electron chi connectivity index (χ3n) is 5.59. The highest BCUT2D eigenvalue weighted by Crippen LogP contribution is 2.46. The van der Waals surface area contributed by atoms with Crippen molar-refractivity contribution >= 4 is 0 Å². The Balaban J connectivity index is 1.71. The zero-order valence-corrected chi connectivity index (χ0v) is 13.1. The van der Waals surface area contributed by atoms with Crippen LogP contribution in [0.1, 0.15) is 51.5 Å². The van der Waals surface area contributed by atoms with Gasteiger partial charge in [-0.05, 0) is 31.7 Å². The Morgan fingerprint density at radius 3 is 2.55 bits per heavy atom. The van der Waals surface area contributed by atoms with Crippen LogP contribution in [0.2, 0.25) is 0 Å². The summed E-state index contributed by atoms with van der Waals surface area (Å²) < 4.78 is 0. The first-order chi connectivity index (χ1) is 9.69. The second-order valence-corrected chi connectivity index (χ2v) is 6.71. The van der Waals surface area contributed by atoms with Crippen molar-refractivity contribution in [1.82, 2.24) is 10.2 Å². The van der Waals surface area contributed by atoms with E-state index in [1.165, 1.54) is 31.4 Å². The molecule has 1 heterocycles. The molecule has 0 bridgehead atoms. The standard InChI is InChI=1S/C18H28N2/c1-4-18(5-2)13-20(14(3)12-19-18)17-11-16(17)15-9-7-6-8-10-15/h6-10,14,16-17,19H,4-5,11-13H2,1-3H3. The molecule has 1 saturated heterocycles. The van der Waals surface area contributed by atoms with Gasteiger partial charge in [-0.15, -0.1) is 0 Å². The Morgan fingerprint density at radius 2 is 1.90 bits per heavy atom. The van der Waals surface area contributed by atoms with E-state index in [4.69, 9.17) is 0 Å². The van der Waals surface area contributed by atoms with Crippen molar-refractivity contribution in [3.8, 4) is 0 Å². The number of nitrogens with one attached hydrogen (secondary N) is 1. The van der Waals surface area contributed by atoms with Gasteiger partial charge in [-0.1, -0.05) is 44.2 Å². The third kappa shape index (κ3) is 2.51. The number of nitrogens with zero attached hydrogens (tertiary/aromatic N) is 1. The maximum Gasteiger partial charge on any atom is 0.0304 e. The topological polar surface area (TPSA) is 15.3 Å². The third-order valence-corrected chi connectivity index (χ3v) is 5.59. The van der Waals surface area contributed by atoms with Crippen LogP contribution in [0.3, 0.4) is 0 Å². The van der Waals surface area contributed by atoms with Crippen LogP contribution < -0.4 is 5.32 Å². The lowest BCUT2D eigenvalue weighted by atomic mass is 9.88. The molecule has 2 fully saturated rings. The molecular formula is C18H28N2. The van der Waals surface area contributed by atoms with Gasteiger partial charge in [0.1, 0.15) is 0 Å². The number of hydrogen-bond acceptors (Lipinski definition) is 2. The first kappa shape index (κ1) is 14.1. The summed E-state index contributed by atoms with van der Waals surface area (Å²) in [6.07, 6.45) is 3.81. The van der Waals surface area contributed by atoms with Crippen molar-refractivity contribution in [3.63, 3.8) is 0 Å². The Hall–Kier alpha value is -0.860. The second kappa shape index (κ2) is 5.50. The molecule has 2 heteroatoms. The molecule has 1 N–H and O–H groups in total. The molecule has 110 valence electrons. The normalized spacial score (nSPS) is 33.0. The van der Waals surface area contributed by atoms with Crippen molar-refractivity contribution < 1.29 is 0 Å². The molecule has 3 atom stereocenters. The summed E-state index contributed by atoms with van der Waals surface area (Å²) >= 11 is 0.